The van der Waals surface area contributed by atoms with Gasteiger partial charge in [-0.3, -0.25) is 0 Å². The summed E-state index contributed by atoms with van der Waals surface area (Å²) in [6, 6.07) is 0. The van der Waals surface area contributed by atoms with Crippen LogP contribution in [0.4, 0.5) is 0 Å². The fourth-order valence-electron chi connectivity index (χ4n) is 1.37. The maximum atomic E-state index is 5.76. The van der Waals surface area contributed by atoms with Gasteiger partial charge in [0.25, 0.3) is 0 Å². The molecule has 0 amide bonds. The fraction of sp³-hybridized carbons (Fsp3) is 0.700. The highest BCUT2D eigenvalue weighted by molar-refractivity contribution is 6.16. The van der Waals surface area contributed by atoms with Gasteiger partial charge in [0.1, 0.15) is 0 Å². The summed E-state index contributed by atoms with van der Waals surface area (Å²) in [4.78, 5) is 4.06. The molecule has 0 saturated carbocycles. The summed E-state index contributed by atoms with van der Waals surface area (Å²) in [6.45, 7) is 1.86. The molecule has 1 aromatic heterocycles. The van der Waals surface area contributed by atoms with Crippen molar-refractivity contribution in [3.63, 3.8) is 0 Å². The maximum absolute atomic E-state index is 5.76. The van der Waals surface area contributed by atoms with Gasteiger partial charge in [-0.2, -0.15) is 0 Å². The van der Waals surface area contributed by atoms with Crippen molar-refractivity contribution >= 4 is 11.6 Å². The summed E-state index contributed by atoms with van der Waals surface area (Å²) in [5, 5.41) is 0. The molecule has 0 saturated heterocycles. The zero-order valence-electron chi connectivity index (χ0n) is 8.58. The van der Waals surface area contributed by atoms with E-state index in [1.54, 1.807) is 7.11 Å². The smallest absolute Gasteiger partial charge is 0.0948 e. The lowest BCUT2D eigenvalue weighted by atomic mass is 10.2. The molecule has 1 heterocycles. The van der Waals surface area contributed by atoms with Gasteiger partial charge in [0.15, 0.2) is 0 Å². The summed E-state index contributed by atoms with van der Waals surface area (Å²) in [6.07, 6.45) is 7.13. The van der Waals surface area contributed by atoms with Crippen molar-refractivity contribution in [1.82, 2.24) is 9.55 Å². The summed E-state index contributed by atoms with van der Waals surface area (Å²) in [5.74, 6) is 0.540. The van der Waals surface area contributed by atoms with Crippen LogP contribution in [0.5, 0.6) is 0 Å². The van der Waals surface area contributed by atoms with E-state index in [1.165, 1.54) is 6.42 Å². The minimum atomic E-state index is 0.540. The van der Waals surface area contributed by atoms with Crippen LogP contribution >= 0.6 is 11.6 Å². The van der Waals surface area contributed by atoms with E-state index in [-0.39, 0.29) is 0 Å². The number of rotatable bonds is 7. The number of aromatic nitrogens is 2. The molecule has 0 unspecified atom stereocenters. The molecule has 0 bridgehead atoms. The molecule has 0 aliphatic heterocycles. The van der Waals surface area contributed by atoms with E-state index >= 15 is 0 Å². The summed E-state index contributed by atoms with van der Waals surface area (Å²) < 4.78 is 7.09. The van der Waals surface area contributed by atoms with Gasteiger partial charge in [0.05, 0.1) is 17.9 Å². The Bertz CT molecular complexity index is 250. The van der Waals surface area contributed by atoms with Crippen LogP contribution in [-0.4, -0.2) is 23.3 Å². The van der Waals surface area contributed by atoms with Crippen LogP contribution in [0.3, 0.4) is 0 Å². The lowest BCUT2D eigenvalue weighted by Gasteiger charge is -2.05. The minimum Gasteiger partial charge on any atom is -0.385 e. The Morgan fingerprint density at radius 1 is 1.43 bits per heavy atom. The Morgan fingerprint density at radius 2 is 2.29 bits per heavy atom. The van der Waals surface area contributed by atoms with E-state index in [0.717, 1.165) is 31.7 Å². The molecule has 0 radical (unpaired) electrons. The SMILES string of the molecule is COCCCCCn1cncc1CCl. The number of nitrogens with zero attached hydrogens (tertiary/aromatic N) is 2. The van der Waals surface area contributed by atoms with Crippen LogP contribution in [-0.2, 0) is 17.2 Å². The molecule has 14 heavy (non-hydrogen) atoms. The average Bonchev–Trinajstić information content (AvgIpc) is 2.65. The first-order valence-corrected chi connectivity index (χ1v) is 5.46. The van der Waals surface area contributed by atoms with Crippen molar-refractivity contribution in [1.29, 1.82) is 0 Å². The number of ether oxygens (including phenoxy) is 1. The number of hydrogen-bond acceptors (Lipinski definition) is 2. The minimum absolute atomic E-state index is 0.540. The van der Waals surface area contributed by atoms with Crippen LogP contribution in [0, 0.1) is 0 Å². The summed E-state index contributed by atoms with van der Waals surface area (Å²) in [5.41, 5.74) is 1.10. The maximum Gasteiger partial charge on any atom is 0.0948 e. The van der Waals surface area contributed by atoms with Crippen LogP contribution < -0.4 is 0 Å². The first-order chi connectivity index (χ1) is 6.88. The molecular formula is C10H17ClN2O. The monoisotopic (exact) mass is 216 g/mol. The zero-order valence-corrected chi connectivity index (χ0v) is 9.33. The Kier molecular flexibility index (Phi) is 5.64. The molecule has 4 heteroatoms. The van der Waals surface area contributed by atoms with Crippen molar-refractivity contribution in [3.05, 3.63) is 18.2 Å². The topological polar surface area (TPSA) is 27.1 Å². The van der Waals surface area contributed by atoms with E-state index in [1.807, 2.05) is 12.5 Å². The quantitative estimate of drug-likeness (QED) is 0.517. The zero-order chi connectivity index (χ0) is 10.2. The molecule has 0 spiro atoms. The number of alkyl halides is 1. The van der Waals surface area contributed by atoms with Gasteiger partial charge >= 0.3 is 0 Å². The molecule has 0 atom stereocenters. The van der Waals surface area contributed by atoms with E-state index in [4.69, 9.17) is 16.3 Å². The molecule has 0 aliphatic carbocycles. The van der Waals surface area contributed by atoms with Crippen molar-refractivity contribution in [2.75, 3.05) is 13.7 Å². The molecule has 0 aliphatic rings. The first kappa shape index (κ1) is 11.5. The van der Waals surface area contributed by atoms with Crippen molar-refractivity contribution in [3.8, 4) is 0 Å². The van der Waals surface area contributed by atoms with Crippen molar-refractivity contribution < 1.29 is 4.74 Å². The van der Waals surface area contributed by atoms with Crippen LogP contribution in [0.15, 0.2) is 12.5 Å². The Morgan fingerprint density at radius 3 is 3.00 bits per heavy atom. The average molecular weight is 217 g/mol. The lowest BCUT2D eigenvalue weighted by molar-refractivity contribution is 0.191. The standard InChI is InChI=1S/C10H17ClN2O/c1-14-6-4-2-3-5-13-9-12-8-10(13)7-11/h8-9H,2-7H2,1H3. The predicted octanol–water partition coefficient (Wildman–Crippen LogP) is 2.44. The van der Waals surface area contributed by atoms with E-state index in [2.05, 4.69) is 9.55 Å². The molecule has 0 N–H and O–H groups in total. The number of hydrogen-bond donors (Lipinski definition) is 0. The van der Waals surface area contributed by atoms with Gasteiger partial charge in [0, 0.05) is 26.5 Å². The van der Waals surface area contributed by atoms with Gasteiger partial charge in [-0.15, -0.1) is 11.6 Å². The highest BCUT2D eigenvalue weighted by Gasteiger charge is 1.99. The van der Waals surface area contributed by atoms with Crippen molar-refractivity contribution in [2.45, 2.75) is 31.7 Å². The van der Waals surface area contributed by atoms with Gasteiger partial charge in [0.2, 0.25) is 0 Å². The highest BCUT2D eigenvalue weighted by Crippen LogP contribution is 2.06. The van der Waals surface area contributed by atoms with Gasteiger partial charge in [-0.25, -0.2) is 4.98 Å². The van der Waals surface area contributed by atoms with Gasteiger partial charge in [-0.05, 0) is 19.3 Å². The third kappa shape index (κ3) is 3.68. The lowest BCUT2D eigenvalue weighted by Crippen LogP contribution is -2.00. The van der Waals surface area contributed by atoms with Crippen molar-refractivity contribution in [2.24, 2.45) is 0 Å². The largest absolute Gasteiger partial charge is 0.385 e. The highest BCUT2D eigenvalue weighted by atomic mass is 35.5. The first-order valence-electron chi connectivity index (χ1n) is 4.92. The number of unbranched alkanes of at least 4 members (excludes halogenated alkanes) is 2. The van der Waals surface area contributed by atoms with Gasteiger partial charge < -0.3 is 9.30 Å². The second-order valence-electron chi connectivity index (χ2n) is 3.27. The molecule has 0 aromatic carbocycles. The Balaban J connectivity index is 2.17. The molecule has 0 fully saturated rings. The van der Waals surface area contributed by atoms with E-state index < -0.39 is 0 Å². The third-order valence-corrected chi connectivity index (χ3v) is 2.46. The number of imidazole rings is 1. The second kappa shape index (κ2) is 6.85. The molecule has 1 rings (SSSR count). The number of aryl methyl sites for hydroxylation is 1. The molecule has 1 aromatic rings. The predicted molar refractivity (Wildman–Crippen MR) is 57.5 cm³/mol. The van der Waals surface area contributed by atoms with Crippen LogP contribution in [0.1, 0.15) is 25.0 Å². The Hall–Kier alpha value is -0.540. The molecular weight excluding hydrogens is 200 g/mol. The summed E-state index contributed by atoms with van der Waals surface area (Å²) >= 11 is 5.76. The fourth-order valence-corrected chi connectivity index (χ4v) is 1.59. The molecule has 80 valence electrons. The molecule has 3 nitrogen and oxygen atoms in total. The van der Waals surface area contributed by atoms with E-state index in [0.29, 0.717) is 5.88 Å². The van der Waals surface area contributed by atoms with Gasteiger partial charge in [-0.1, -0.05) is 0 Å². The summed E-state index contributed by atoms with van der Waals surface area (Å²) in [7, 11) is 1.74. The Labute approximate surface area is 90.0 Å². The normalized spacial score (nSPS) is 10.7. The van der Waals surface area contributed by atoms with E-state index in [9.17, 15) is 0 Å². The second-order valence-corrected chi connectivity index (χ2v) is 3.53. The third-order valence-electron chi connectivity index (χ3n) is 2.18. The number of methoxy groups -OCH3 is 1. The van der Waals surface area contributed by atoms with Crippen LogP contribution in [0.25, 0.3) is 0 Å². The van der Waals surface area contributed by atoms with Crippen LogP contribution in [0.2, 0.25) is 0 Å². The number of halogens is 1.